The van der Waals surface area contributed by atoms with Crippen LogP contribution in [-0.2, 0) is 10.0 Å². The lowest BCUT2D eigenvalue weighted by molar-refractivity contribution is 0.0690. The number of carboxylic acid groups (broad SMARTS) is 1. The van der Waals surface area contributed by atoms with Gasteiger partial charge in [-0.1, -0.05) is 5.21 Å². The summed E-state index contributed by atoms with van der Waals surface area (Å²) < 4.78 is 26.6. The summed E-state index contributed by atoms with van der Waals surface area (Å²) in [4.78, 5) is 10.6. The van der Waals surface area contributed by atoms with Crippen LogP contribution < -0.4 is 0 Å². The number of aromatic carboxylic acids is 1. The van der Waals surface area contributed by atoms with Crippen molar-refractivity contribution >= 4 is 16.0 Å². The Hall–Kier alpha value is -1.48. The fraction of sp³-hybridized carbons (Fsp3) is 0.667. The Morgan fingerprint density at radius 2 is 2.06 bits per heavy atom. The van der Waals surface area contributed by atoms with Crippen LogP contribution >= 0.6 is 0 Å². The van der Waals surface area contributed by atoms with E-state index >= 15 is 0 Å². The van der Waals surface area contributed by atoms with E-state index in [0.717, 1.165) is 12.8 Å². The molecule has 0 aromatic carbocycles. The van der Waals surface area contributed by atoms with Crippen molar-refractivity contribution in [1.29, 1.82) is 0 Å². The number of hydrogen-bond donors (Lipinski definition) is 1. The summed E-state index contributed by atoms with van der Waals surface area (Å²) in [5.41, 5.74) is -0.126. The summed E-state index contributed by atoms with van der Waals surface area (Å²) in [6, 6.07) is -0.112. The van der Waals surface area contributed by atoms with Crippen LogP contribution in [0.4, 0.5) is 0 Å². The second kappa shape index (κ2) is 3.75. The van der Waals surface area contributed by atoms with Crippen LogP contribution in [0.2, 0.25) is 0 Å². The third-order valence-corrected chi connectivity index (χ3v) is 5.57. The van der Waals surface area contributed by atoms with E-state index in [9.17, 15) is 13.2 Å². The maximum Gasteiger partial charge on any atom is 0.358 e. The summed E-state index contributed by atoms with van der Waals surface area (Å²) in [7, 11) is -3.12. The molecule has 98 valence electrons. The highest BCUT2D eigenvalue weighted by molar-refractivity contribution is 7.90. The van der Waals surface area contributed by atoms with Crippen LogP contribution in [0.25, 0.3) is 0 Å². The van der Waals surface area contributed by atoms with Gasteiger partial charge in [-0.3, -0.25) is 0 Å². The van der Waals surface area contributed by atoms with Crippen molar-refractivity contribution in [3.8, 4) is 0 Å². The topological polar surface area (TPSA) is 105 Å². The highest BCUT2D eigenvalue weighted by Gasteiger charge is 2.45. The van der Waals surface area contributed by atoms with E-state index < -0.39 is 16.0 Å². The lowest BCUT2D eigenvalue weighted by Gasteiger charge is -2.37. The number of aromatic nitrogens is 3. The number of hydrogen-bond acceptors (Lipinski definition) is 5. The normalized spacial score (nSPS) is 21.8. The molecule has 0 spiro atoms. The summed E-state index contributed by atoms with van der Waals surface area (Å²) in [5, 5.41) is 15.7. The van der Waals surface area contributed by atoms with Gasteiger partial charge in [-0.2, -0.15) is 4.31 Å². The van der Waals surface area contributed by atoms with Gasteiger partial charge in [0.05, 0.1) is 17.5 Å². The molecule has 1 saturated heterocycles. The van der Waals surface area contributed by atoms with Gasteiger partial charge in [0.25, 0.3) is 0 Å². The van der Waals surface area contributed by atoms with E-state index in [1.54, 1.807) is 0 Å². The van der Waals surface area contributed by atoms with Gasteiger partial charge in [0.1, 0.15) is 0 Å². The first-order valence-electron chi connectivity index (χ1n) is 5.62. The Kier molecular flexibility index (Phi) is 2.42. The number of rotatable bonds is 4. The van der Waals surface area contributed by atoms with Gasteiger partial charge in [0.2, 0.25) is 10.0 Å². The first-order valence-corrected chi connectivity index (χ1v) is 7.13. The second-order valence-corrected chi connectivity index (χ2v) is 6.82. The minimum Gasteiger partial charge on any atom is -0.476 e. The molecular formula is C9H12N4O4S. The predicted molar refractivity (Wildman–Crippen MR) is 59.5 cm³/mol. The predicted octanol–water partition coefficient (Wildman–Crippen LogP) is -0.675. The zero-order chi connectivity index (χ0) is 12.9. The molecule has 2 fully saturated rings. The molecule has 1 aliphatic carbocycles. The minimum atomic E-state index is -3.12. The highest BCUT2D eigenvalue weighted by atomic mass is 32.2. The highest BCUT2D eigenvalue weighted by Crippen LogP contribution is 2.35. The summed E-state index contributed by atoms with van der Waals surface area (Å²) >= 11 is 0. The smallest absolute Gasteiger partial charge is 0.358 e. The van der Waals surface area contributed by atoms with Crippen LogP contribution in [-0.4, -0.2) is 57.1 Å². The molecular weight excluding hydrogens is 260 g/mol. The molecule has 0 atom stereocenters. The first-order chi connectivity index (χ1) is 8.48. The van der Waals surface area contributed by atoms with Crippen molar-refractivity contribution in [3.63, 3.8) is 0 Å². The molecule has 0 unspecified atom stereocenters. The number of sulfonamides is 1. The molecule has 1 aromatic heterocycles. The Balaban J connectivity index is 1.66. The Labute approximate surface area is 103 Å². The fourth-order valence-electron chi connectivity index (χ4n) is 1.92. The third kappa shape index (κ3) is 1.79. The molecule has 8 nitrogen and oxygen atoms in total. The third-order valence-electron chi connectivity index (χ3n) is 3.24. The van der Waals surface area contributed by atoms with Crippen LogP contribution in [0.1, 0.15) is 29.4 Å². The van der Waals surface area contributed by atoms with E-state index in [1.807, 2.05) is 0 Å². The van der Waals surface area contributed by atoms with Gasteiger partial charge < -0.3 is 5.11 Å². The summed E-state index contributed by atoms with van der Waals surface area (Å²) in [6.45, 7) is 0.697. The fourth-order valence-corrected chi connectivity index (χ4v) is 3.83. The molecule has 9 heteroatoms. The van der Waals surface area contributed by atoms with E-state index in [1.165, 1.54) is 15.2 Å². The largest absolute Gasteiger partial charge is 0.476 e. The van der Waals surface area contributed by atoms with Crippen LogP contribution in [0.15, 0.2) is 6.20 Å². The van der Waals surface area contributed by atoms with Crippen molar-refractivity contribution in [1.82, 2.24) is 19.3 Å². The molecule has 18 heavy (non-hydrogen) atoms. The second-order valence-electron chi connectivity index (χ2n) is 4.60. The van der Waals surface area contributed by atoms with Gasteiger partial charge in [-0.05, 0) is 12.8 Å². The molecule has 2 heterocycles. The van der Waals surface area contributed by atoms with Crippen LogP contribution in [0.5, 0.6) is 0 Å². The van der Waals surface area contributed by atoms with Crippen molar-refractivity contribution in [2.75, 3.05) is 13.1 Å². The number of carbonyl (C=O) groups is 1. The summed E-state index contributed by atoms with van der Waals surface area (Å²) in [6.07, 6.45) is 2.82. The van der Waals surface area contributed by atoms with E-state index in [-0.39, 0.29) is 17.0 Å². The molecule has 2 aliphatic rings. The van der Waals surface area contributed by atoms with Crippen molar-refractivity contribution in [2.24, 2.45) is 0 Å². The lowest BCUT2D eigenvalue weighted by Crippen LogP contribution is -2.51. The van der Waals surface area contributed by atoms with Crippen LogP contribution in [0.3, 0.4) is 0 Å². The molecule has 0 radical (unpaired) electrons. The Morgan fingerprint density at radius 1 is 1.39 bits per heavy atom. The van der Waals surface area contributed by atoms with Crippen LogP contribution in [0, 0.1) is 0 Å². The average molecular weight is 272 g/mol. The number of nitrogens with zero attached hydrogens (tertiary/aromatic N) is 4. The number of carboxylic acids is 1. The molecule has 1 aliphatic heterocycles. The van der Waals surface area contributed by atoms with E-state index in [4.69, 9.17) is 5.11 Å². The molecule has 1 N–H and O–H groups in total. The maximum absolute atomic E-state index is 11.9. The monoisotopic (exact) mass is 272 g/mol. The Bertz CT molecular complexity index is 585. The van der Waals surface area contributed by atoms with Crippen molar-refractivity contribution in [2.45, 2.75) is 24.1 Å². The molecule has 0 bridgehead atoms. The van der Waals surface area contributed by atoms with Crippen molar-refractivity contribution in [3.05, 3.63) is 11.9 Å². The quantitative estimate of drug-likeness (QED) is 0.779. The van der Waals surface area contributed by atoms with Crippen molar-refractivity contribution < 1.29 is 18.3 Å². The molecule has 1 aromatic rings. The lowest BCUT2D eigenvalue weighted by atomic mass is 10.2. The molecule has 0 amide bonds. The molecule has 1 saturated carbocycles. The zero-order valence-electron chi connectivity index (χ0n) is 9.43. The SMILES string of the molecule is O=C(O)c1cn(C2CN(S(=O)(=O)C3CC3)C2)nn1. The minimum absolute atomic E-state index is 0.112. The van der Waals surface area contributed by atoms with E-state index in [2.05, 4.69) is 10.3 Å². The zero-order valence-corrected chi connectivity index (χ0v) is 10.2. The Morgan fingerprint density at radius 3 is 2.56 bits per heavy atom. The van der Waals surface area contributed by atoms with Gasteiger partial charge in [0, 0.05) is 13.1 Å². The molecule has 3 rings (SSSR count). The van der Waals surface area contributed by atoms with E-state index in [0.29, 0.717) is 13.1 Å². The standard InChI is InChI=1S/C9H12N4O4S/c14-9(15)8-5-13(11-10-8)6-3-12(4-6)18(16,17)7-1-2-7/h5-7H,1-4H2,(H,14,15). The first kappa shape index (κ1) is 11.6. The van der Waals surface area contributed by atoms with Gasteiger partial charge in [-0.15, -0.1) is 5.10 Å². The van der Waals surface area contributed by atoms with Gasteiger partial charge >= 0.3 is 5.97 Å². The van der Waals surface area contributed by atoms with Gasteiger partial charge in [-0.25, -0.2) is 17.9 Å². The van der Waals surface area contributed by atoms with Gasteiger partial charge in [0.15, 0.2) is 5.69 Å². The maximum atomic E-state index is 11.9. The summed E-state index contributed by atoms with van der Waals surface area (Å²) in [5.74, 6) is -1.14. The average Bonchev–Trinajstić information content (AvgIpc) is 2.97.